The number of hydrogen-bond acceptors (Lipinski definition) is 6. The average molecular weight is 489 g/mol. The van der Waals surface area contributed by atoms with Crippen LogP contribution in [0.2, 0.25) is 5.02 Å². The van der Waals surface area contributed by atoms with Crippen LogP contribution in [0.25, 0.3) is 0 Å². The number of rotatable bonds is 8. The topological polar surface area (TPSA) is 94.2 Å². The van der Waals surface area contributed by atoms with Crippen molar-refractivity contribution in [2.75, 3.05) is 39.7 Å². The molecule has 2 aromatic carbocycles. The summed E-state index contributed by atoms with van der Waals surface area (Å²) in [6.45, 7) is -1.15. The van der Waals surface area contributed by atoms with E-state index in [2.05, 4.69) is 5.32 Å². The average Bonchev–Trinajstić information content (AvgIpc) is 2.76. The highest BCUT2D eigenvalue weighted by molar-refractivity contribution is 6.31. The minimum atomic E-state index is -4.69. The summed E-state index contributed by atoms with van der Waals surface area (Å²) in [5, 5.41) is 1.75. The Labute approximate surface area is 192 Å². The number of hydrogen-bond donors (Lipinski definition) is 1. The van der Waals surface area contributed by atoms with E-state index in [9.17, 15) is 27.6 Å². The lowest BCUT2D eigenvalue weighted by Gasteiger charge is -2.17. The van der Waals surface area contributed by atoms with Gasteiger partial charge in [0.05, 0.1) is 36.9 Å². The molecule has 12 heteroatoms. The van der Waals surface area contributed by atoms with Gasteiger partial charge in [0.2, 0.25) is 5.91 Å². The molecular weight excluding hydrogens is 469 g/mol. The fraction of sp³-hybridized carbons (Fsp3) is 0.286. The molecule has 8 nitrogen and oxygen atoms in total. The second kappa shape index (κ2) is 10.9. The number of amides is 2. The molecule has 1 N–H and O–H groups in total. The monoisotopic (exact) mass is 488 g/mol. The maximum absolute atomic E-state index is 12.9. The number of carbonyl (C=O) groups excluding carboxylic acids is 3. The molecule has 2 rings (SSSR count). The summed E-state index contributed by atoms with van der Waals surface area (Å²) in [4.78, 5) is 37.4. The SMILES string of the molecule is COc1ccc(C(=O)OCC(=O)N(C)CC(=O)Nc2ccc(Cl)c(C(F)(F)F)c2)cc1OC. The van der Waals surface area contributed by atoms with Crippen LogP contribution < -0.4 is 14.8 Å². The van der Waals surface area contributed by atoms with Gasteiger partial charge in [-0.15, -0.1) is 0 Å². The van der Waals surface area contributed by atoms with Crippen molar-refractivity contribution in [2.24, 2.45) is 0 Å². The predicted molar refractivity (Wildman–Crippen MR) is 113 cm³/mol. The first-order valence-electron chi connectivity index (χ1n) is 9.26. The fourth-order valence-electron chi connectivity index (χ4n) is 2.61. The highest BCUT2D eigenvalue weighted by Crippen LogP contribution is 2.36. The van der Waals surface area contributed by atoms with E-state index in [0.29, 0.717) is 17.6 Å². The van der Waals surface area contributed by atoms with Crippen molar-refractivity contribution >= 4 is 35.1 Å². The number of esters is 1. The van der Waals surface area contributed by atoms with Crippen LogP contribution in [0.1, 0.15) is 15.9 Å². The van der Waals surface area contributed by atoms with Crippen LogP contribution in [0.3, 0.4) is 0 Å². The molecular formula is C21H20ClF3N2O6. The van der Waals surface area contributed by atoms with Crippen LogP contribution in [-0.2, 0) is 20.5 Å². The lowest BCUT2D eigenvalue weighted by Crippen LogP contribution is -2.37. The summed E-state index contributed by atoms with van der Waals surface area (Å²) >= 11 is 5.54. The van der Waals surface area contributed by atoms with Crippen LogP contribution in [0.4, 0.5) is 18.9 Å². The number of carbonyl (C=O) groups is 3. The number of benzene rings is 2. The lowest BCUT2D eigenvalue weighted by molar-refractivity contribution is -0.137. The van der Waals surface area contributed by atoms with E-state index in [1.54, 1.807) is 0 Å². The van der Waals surface area contributed by atoms with Gasteiger partial charge < -0.3 is 24.4 Å². The second-order valence-electron chi connectivity index (χ2n) is 6.64. The van der Waals surface area contributed by atoms with Crippen molar-refractivity contribution in [3.63, 3.8) is 0 Å². The van der Waals surface area contributed by atoms with Gasteiger partial charge in [-0.1, -0.05) is 11.6 Å². The van der Waals surface area contributed by atoms with Crippen LogP contribution in [-0.4, -0.2) is 57.1 Å². The van der Waals surface area contributed by atoms with E-state index >= 15 is 0 Å². The summed E-state index contributed by atoms with van der Waals surface area (Å²) in [5.41, 5.74) is -1.13. The number of anilines is 1. The first-order valence-corrected chi connectivity index (χ1v) is 9.63. The molecule has 0 unspecified atom stereocenters. The Hall–Kier alpha value is -3.47. The molecule has 33 heavy (non-hydrogen) atoms. The molecule has 0 aromatic heterocycles. The highest BCUT2D eigenvalue weighted by Gasteiger charge is 2.33. The fourth-order valence-corrected chi connectivity index (χ4v) is 2.83. The number of methoxy groups -OCH3 is 2. The zero-order valence-electron chi connectivity index (χ0n) is 17.8. The van der Waals surface area contributed by atoms with E-state index in [1.807, 2.05) is 0 Å². The third-order valence-electron chi connectivity index (χ3n) is 4.31. The van der Waals surface area contributed by atoms with Crippen molar-refractivity contribution in [1.29, 1.82) is 0 Å². The van der Waals surface area contributed by atoms with Gasteiger partial charge in [-0.05, 0) is 36.4 Å². The number of nitrogens with one attached hydrogen (secondary N) is 1. The van der Waals surface area contributed by atoms with Gasteiger partial charge in [-0.25, -0.2) is 4.79 Å². The number of likely N-dealkylation sites (N-methyl/N-ethyl adjacent to an activating group) is 1. The summed E-state index contributed by atoms with van der Waals surface area (Å²) in [6.07, 6.45) is -4.69. The largest absolute Gasteiger partial charge is 0.493 e. The minimum absolute atomic E-state index is 0.115. The molecule has 0 radical (unpaired) electrons. The molecule has 0 aliphatic rings. The quantitative estimate of drug-likeness (QED) is 0.570. The first kappa shape index (κ1) is 25.8. The van der Waals surface area contributed by atoms with Gasteiger partial charge in [0.25, 0.3) is 5.91 Å². The minimum Gasteiger partial charge on any atom is -0.493 e. The van der Waals surface area contributed by atoms with E-state index < -0.39 is 47.7 Å². The summed E-state index contributed by atoms with van der Waals surface area (Å²) in [6, 6.07) is 7.18. The van der Waals surface area contributed by atoms with Crippen LogP contribution in [0.5, 0.6) is 11.5 Å². The van der Waals surface area contributed by atoms with Crippen molar-refractivity contribution in [1.82, 2.24) is 4.90 Å². The van der Waals surface area contributed by atoms with Gasteiger partial charge in [-0.3, -0.25) is 9.59 Å². The highest BCUT2D eigenvalue weighted by atomic mass is 35.5. The van der Waals surface area contributed by atoms with Gasteiger partial charge in [0.15, 0.2) is 18.1 Å². The summed E-state index contributed by atoms with van der Waals surface area (Å²) in [5.74, 6) is -1.57. The maximum Gasteiger partial charge on any atom is 0.417 e. The van der Waals surface area contributed by atoms with Crippen molar-refractivity contribution < 1.29 is 41.8 Å². The van der Waals surface area contributed by atoms with Gasteiger partial charge in [-0.2, -0.15) is 13.2 Å². The molecule has 0 aliphatic heterocycles. The Balaban J connectivity index is 1.91. The Kier molecular flexibility index (Phi) is 8.52. The molecule has 0 spiro atoms. The van der Waals surface area contributed by atoms with Crippen molar-refractivity contribution in [2.45, 2.75) is 6.18 Å². The zero-order valence-corrected chi connectivity index (χ0v) is 18.5. The number of nitrogens with zero attached hydrogens (tertiary/aromatic N) is 1. The second-order valence-corrected chi connectivity index (χ2v) is 7.04. The van der Waals surface area contributed by atoms with Crippen LogP contribution >= 0.6 is 11.6 Å². The lowest BCUT2D eigenvalue weighted by atomic mass is 10.2. The van der Waals surface area contributed by atoms with Gasteiger partial charge in [0.1, 0.15) is 0 Å². The maximum atomic E-state index is 12.9. The summed E-state index contributed by atoms with van der Waals surface area (Å²) in [7, 11) is 4.10. The number of halogens is 4. The molecule has 0 saturated carbocycles. The van der Waals surface area contributed by atoms with E-state index in [1.165, 1.54) is 45.5 Å². The molecule has 0 saturated heterocycles. The van der Waals surface area contributed by atoms with E-state index in [-0.39, 0.29) is 11.3 Å². The zero-order chi connectivity index (χ0) is 24.8. The molecule has 0 fully saturated rings. The van der Waals surface area contributed by atoms with Crippen molar-refractivity contribution in [3.8, 4) is 11.5 Å². The van der Waals surface area contributed by atoms with E-state index in [0.717, 1.165) is 11.0 Å². The van der Waals surface area contributed by atoms with E-state index in [4.69, 9.17) is 25.8 Å². The third-order valence-corrected chi connectivity index (χ3v) is 4.64. The molecule has 0 heterocycles. The smallest absolute Gasteiger partial charge is 0.417 e. The summed E-state index contributed by atoms with van der Waals surface area (Å²) < 4.78 is 53.9. The van der Waals surface area contributed by atoms with Crippen molar-refractivity contribution in [3.05, 3.63) is 52.5 Å². The third kappa shape index (κ3) is 7.01. The molecule has 2 aromatic rings. The first-order chi connectivity index (χ1) is 15.5. The molecule has 2 amide bonds. The predicted octanol–water partition coefficient (Wildman–Crippen LogP) is 3.63. The molecule has 0 aliphatic carbocycles. The van der Waals surface area contributed by atoms with Crippen LogP contribution in [0, 0.1) is 0 Å². The number of alkyl halides is 3. The molecule has 0 atom stereocenters. The Morgan fingerprint density at radius 2 is 1.70 bits per heavy atom. The Bertz CT molecular complexity index is 1050. The number of ether oxygens (including phenoxy) is 3. The molecule has 178 valence electrons. The Morgan fingerprint density at radius 3 is 2.30 bits per heavy atom. The van der Waals surface area contributed by atoms with Gasteiger partial charge >= 0.3 is 12.1 Å². The molecule has 0 bridgehead atoms. The standard InChI is InChI=1S/C21H20ClF3N2O6/c1-27(10-18(28)26-13-5-6-15(22)14(9-13)21(23,24)25)19(29)11-33-20(30)12-4-7-16(31-2)17(8-12)32-3/h4-9H,10-11H2,1-3H3,(H,26,28). The van der Waals surface area contributed by atoms with Gasteiger partial charge in [0, 0.05) is 12.7 Å². The normalized spacial score (nSPS) is 10.9. The van der Waals surface area contributed by atoms with Crippen LogP contribution in [0.15, 0.2) is 36.4 Å². The Morgan fingerprint density at radius 1 is 1.03 bits per heavy atom.